The third-order valence-corrected chi connectivity index (χ3v) is 8.30. The smallest absolute Gasteiger partial charge is 0.325 e. The van der Waals surface area contributed by atoms with E-state index < -0.39 is 35.3 Å². The Bertz CT molecular complexity index is 1170. The van der Waals surface area contributed by atoms with E-state index in [9.17, 15) is 19.5 Å². The Balaban J connectivity index is 1.97. The molecule has 6 heteroatoms. The highest BCUT2D eigenvalue weighted by atomic mass is 16.4. The molecule has 0 bridgehead atoms. The molecule has 0 saturated carbocycles. The first-order valence-corrected chi connectivity index (χ1v) is 12.7. The van der Waals surface area contributed by atoms with Crippen molar-refractivity contribution in [1.82, 2.24) is 5.32 Å². The summed E-state index contributed by atoms with van der Waals surface area (Å²) in [5, 5.41) is 14.0. The second kappa shape index (κ2) is 9.23. The summed E-state index contributed by atoms with van der Waals surface area (Å²) in [4.78, 5) is 42.7. The number of carboxylic acids is 1. The van der Waals surface area contributed by atoms with E-state index in [0.29, 0.717) is 24.9 Å². The number of nitrogens with one attached hydrogen (secondary N) is 1. The molecule has 6 nitrogen and oxygen atoms in total. The molecule has 2 fully saturated rings. The van der Waals surface area contributed by atoms with Gasteiger partial charge in [0, 0.05) is 6.04 Å². The summed E-state index contributed by atoms with van der Waals surface area (Å²) in [5.74, 6) is -3.91. The number of amides is 2. The summed E-state index contributed by atoms with van der Waals surface area (Å²) >= 11 is 0. The molecular weight excluding hydrogens is 440 g/mol. The fraction of sp³-hybridized carbons (Fsp3) is 0.483. The minimum atomic E-state index is -1.53. The van der Waals surface area contributed by atoms with E-state index in [1.165, 1.54) is 4.90 Å². The van der Waals surface area contributed by atoms with Crippen LogP contribution in [0.3, 0.4) is 0 Å². The number of benzene rings is 2. The normalized spacial score (nSPS) is 26.8. The molecule has 2 heterocycles. The highest BCUT2D eigenvalue weighted by Gasteiger charge is 2.70. The van der Waals surface area contributed by atoms with E-state index in [2.05, 4.69) is 5.32 Å². The molecule has 2 aromatic carbocycles. The molecule has 2 aromatic rings. The van der Waals surface area contributed by atoms with Gasteiger partial charge in [-0.3, -0.25) is 19.7 Å². The number of imide groups is 1. The minimum Gasteiger partial charge on any atom is -0.480 e. The maximum Gasteiger partial charge on any atom is 0.325 e. The molecule has 4 rings (SSSR count). The van der Waals surface area contributed by atoms with Gasteiger partial charge in [-0.25, -0.2) is 4.90 Å². The van der Waals surface area contributed by atoms with Gasteiger partial charge in [-0.1, -0.05) is 76.1 Å². The number of anilines is 1. The van der Waals surface area contributed by atoms with Gasteiger partial charge in [0.05, 0.1) is 17.5 Å². The Morgan fingerprint density at radius 2 is 1.69 bits per heavy atom. The van der Waals surface area contributed by atoms with Crippen molar-refractivity contribution in [2.75, 3.05) is 4.90 Å². The van der Waals surface area contributed by atoms with Crippen LogP contribution in [0.5, 0.6) is 0 Å². The third-order valence-electron chi connectivity index (χ3n) is 8.30. The number of carbonyl (C=O) groups is 3. The van der Waals surface area contributed by atoms with E-state index in [1.807, 2.05) is 77.9 Å². The van der Waals surface area contributed by atoms with Crippen LogP contribution < -0.4 is 10.2 Å². The van der Waals surface area contributed by atoms with Crippen molar-refractivity contribution in [3.05, 3.63) is 64.2 Å². The van der Waals surface area contributed by atoms with Crippen LogP contribution >= 0.6 is 0 Å². The quantitative estimate of drug-likeness (QED) is 0.564. The van der Waals surface area contributed by atoms with E-state index >= 15 is 0 Å². The molecule has 2 amide bonds. The topological polar surface area (TPSA) is 86.7 Å². The lowest BCUT2D eigenvalue weighted by molar-refractivity contribution is -0.151. The lowest BCUT2D eigenvalue weighted by Crippen LogP contribution is -2.60. The Morgan fingerprint density at radius 1 is 1.06 bits per heavy atom. The molecule has 0 aromatic heterocycles. The predicted octanol–water partition coefficient (Wildman–Crippen LogP) is 4.75. The standard InChI is InChI=1S/C29H36N2O4/c1-7-18(6)29(28(34)35)23-22(24(30-29)21-15-16(4)13-14-17(21)5)26(32)31(27(23)33)25-19(8-2)11-10-12-20(25)9-3/h10-15,18,22-24,30H,7-9H2,1-6H3,(H,34,35). The second-order valence-electron chi connectivity index (χ2n) is 10.1. The zero-order chi connectivity index (χ0) is 25.7. The van der Waals surface area contributed by atoms with E-state index in [4.69, 9.17) is 0 Å². The highest BCUT2D eigenvalue weighted by Crippen LogP contribution is 2.53. The van der Waals surface area contributed by atoms with Gasteiger partial charge < -0.3 is 5.11 Å². The number of aliphatic carboxylic acids is 1. The molecule has 0 aliphatic carbocycles. The molecule has 2 aliphatic heterocycles. The van der Waals surface area contributed by atoms with Crippen LogP contribution in [-0.4, -0.2) is 28.4 Å². The molecule has 186 valence electrons. The van der Waals surface area contributed by atoms with Gasteiger partial charge in [-0.05, 0) is 54.9 Å². The van der Waals surface area contributed by atoms with Crippen LogP contribution in [0.4, 0.5) is 5.69 Å². The van der Waals surface area contributed by atoms with Crippen LogP contribution in [0.1, 0.15) is 68.0 Å². The van der Waals surface area contributed by atoms with Gasteiger partial charge in [-0.15, -0.1) is 0 Å². The number of carbonyl (C=O) groups excluding carboxylic acids is 2. The third kappa shape index (κ3) is 3.61. The van der Waals surface area contributed by atoms with Crippen molar-refractivity contribution in [3.8, 4) is 0 Å². The van der Waals surface area contributed by atoms with Crippen LogP contribution in [0, 0.1) is 31.6 Å². The Hall–Kier alpha value is -2.99. The van der Waals surface area contributed by atoms with E-state index in [1.54, 1.807) is 0 Å². The lowest BCUT2D eigenvalue weighted by atomic mass is 9.71. The van der Waals surface area contributed by atoms with E-state index in [-0.39, 0.29) is 11.8 Å². The molecular formula is C29H36N2O4. The number of para-hydroxylation sites is 1. The van der Waals surface area contributed by atoms with Crippen molar-refractivity contribution >= 4 is 23.5 Å². The highest BCUT2D eigenvalue weighted by molar-refractivity contribution is 6.25. The molecule has 2 N–H and O–H groups in total. The average molecular weight is 477 g/mol. The SMILES string of the molecule is CCc1cccc(CC)c1N1C(=O)C2C(c3cc(C)ccc3C)NC(C(=O)O)(C(C)CC)C2C1=O. The van der Waals surface area contributed by atoms with Gasteiger partial charge in [0.25, 0.3) is 0 Å². The summed E-state index contributed by atoms with van der Waals surface area (Å²) in [7, 11) is 0. The minimum absolute atomic E-state index is 0.305. The Labute approximate surface area is 207 Å². The van der Waals surface area contributed by atoms with Crippen molar-refractivity contribution < 1.29 is 19.5 Å². The predicted molar refractivity (Wildman–Crippen MR) is 136 cm³/mol. The van der Waals surface area contributed by atoms with Gasteiger partial charge in [0.1, 0.15) is 5.54 Å². The maximum absolute atomic E-state index is 14.2. The van der Waals surface area contributed by atoms with Crippen molar-refractivity contribution in [1.29, 1.82) is 0 Å². The maximum atomic E-state index is 14.2. The van der Waals surface area contributed by atoms with Gasteiger partial charge in [-0.2, -0.15) is 0 Å². The number of aryl methyl sites for hydroxylation is 4. The van der Waals surface area contributed by atoms with Gasteiger partial charge in [0.15, 0.2) is 0 Å². The number of hydrogen-bond donors (Lipinski definition) is 2. The monoisotopic (exact) mass is 476 g/mol. The van der Waals surface area contributed by atoms with Crippen LogP contribution in [0.15, 0.2) is 36.4 Å². The number of nitrogens with zero attached hydrogens (tertiary/aromatic N) is 1. The molecule has 5 atom stereocenters. The molecule has 5 unspecified atom stereocenters. The molecule has 35 heavy (non-hydrogen) atoms. The number of fused-ring (bicyclic) bond motifs is 1. The number of rotatable bonds is 7. The summed E-state index contributed by atoms with van der Waals surface area (Å²) in [6.07, 6.45) is 1.91. The summed E-state index contributed by atoms with van der Waals surface area (Å²) in [6.45, 7) is 11.7. The Morgan fingerprint density at radius 3 is 2.23 bits per heavy atom. The van der Waals surface area contributed by atoms with Crippen LogP contribution in [-0.2, 0) is 27.2 Å². The zero-order valence-electron chi connectivity index (χ0n) is 21.5. The first-order valence-electron chi connectivity index (χ1n) is 12.7. The van der Waals surface area contributed by atoms with Gasteiger partial charge in [0.2, 0.25) is 11.8 Å². The fourth-order valence-electron chi connectivity index (χ4n) is 6.21. The molecule has 0 spiro atoms. The van der Waals surface area contributed by atoms with Crippen molar-refractivity contribution in [3.63, 3.8) is 0 Å². The number of carboxylic acid groups (broad SMARTS) is 1. The number of hydrogen-bond acceptors (Lipinski definition) is 4. The molecule has 2 saturated heterocycles. The largest absolute Gasteiger partial charge is 0.480 e. The Kier molecular flexibility index (Phi) is 6.62. The van der Waals surface area contributed by atoms with Crippen LogP contribution in [0.25, 0.3) is 0 Å². The average Bonchev–Trinajstić information content (AvgIpc) is 3.33. The van der Waals surface area contributed by atoms with Gasteiger partial charge >= 0.3 is 5.97 Å². The summed E-state index contributed by atoms with van der Waals surface area (Å²) in [6, 6.07) is 11.3. The second-order valence-corrected chi connectivity index (χ2v) is 10.1. The molecule has 0 radical (unpaired) electrons. The fourth-order valence-corrected chi connectivity index (χ4v) is 6.21. The van der Waals surface area contributed by atoms with Crippen molar-refractivity contribution in [2.45, 2.75) is 72.4 Å². The summed E-state index contributed by atoms with van der Waals surface area (Å²) < 4.78 is 0. The van der Waals surface area contributed by atoms with E-state index in [0.717, 1.165) is 27.8 Å². The lowest BCUT2D eigenvalue weighted by Gasteiger charge is -2.36. The van der Waals surface area contributed by atoms with Crippen LogP contribution in [0.2, 0.25) is 0 Å². The molecule has 2 aliphatic rings. The first-order chi connectivity index (χ1) is 16.6. The first kappa shape index (κ1) is 25.1. The zero-order valence-corrected chi connectivity index (χ0v) is 21.5. The summed E-state index contributed by atoms with van der Waals surface area (Å²) in [5.41, 5.74) is 3.84. The van der Waals surface area contributed by atoms with Crippen molar-refractivity contribution in [2.24, 2.45) is 17.8 Å².